The van der Waals surface area contributed by atoms with Crippen molar-refractivity contribution in [1.82, 2.24) is 14.5 Å². The first kappa shape index (κ1) is 20.6. The average molecular weight is 468 g/mol. The molecule has 0 radical (unpaired) electrons. The number of rotatable bonds is 7. The van der Waals surface area contributed by atoms with E-state index >= 15 is 4.39 Å². The van der Waals surface area contributed by atoms with Gasteiger partial charge in [-0.3, -0.25) is 14.3 Å². The van der Waals surface area contributed by atoms with Crippen LogP contribution in [0.1, 0.15) is 32.3 Å². The van der Waals surface area contributed by atoms with Crippen LogP contribution in [0.25, 0.3) is 11.4 Å². The van der Waals surface area contributed by atoms with Gasteiger partial charge in [0.15, 0.2) is 11.6 Å². The molecule has 0 aliphatic rings. The molecule has 32 heavy (non-hydrogen) atoms. The molecule has 0 atom stereocenters. The van der Waals surface area contributed by atoms with Crippen LogP contribution in [0.3, 0.4) is 0 Å². The van der Waals surface area contributed by atoms with Crippen LogP contribution in [-0.2, 0) is 11.3 Å². The summed E-state index contributed by atoms with van der Waals surface area (Å²) in [5.74, 6) is -3.64. The van der Waals surface area contributed by atoms with Crippen molar-refractivity contribution in [3.05, 3.63) is 86.6 Å². The highest BCUT2D eigenvalue weighted by atomic mass is 35.5. The molecule has 0 aliphatic carbocycles. The van der Waals surface area contributed by atoms with Gasteiger partial charge in [0.05, 0.1) is 21.2 Å². The second-order valence-electron chi connectivity index (χ2n) is 6.60. The van der Waals surface area contributed by atoms with Gasteiger partial charge in [-0.15, -0.1) is 0 Å². The highest BCUT2D eigenvalue weighted by Gasteiger charge is 2.22. The molecule has 0 bridgehead atoms. The lowest BCUT2D eigenvalue weighted by molar-refractivity contribution is 0.292. The lowest BCUT2D eigenvalue weighted by Crippen LogP contribution is -2.24. The van der Waals surface area contributed by atoms with E-state index < -0.39 is 46.0 Å². The lowest BCUT2D eigenvalue weighted by Gasteiger charge is -2.18. The lowest BCUT2D eigenvalue weighted by atomic mass is 10.1. The van der Waals surface area contributed by atoms with Crippen LogP contribution in [0.4, 0.5) is 13.2 Å². The molecule has 0 spiro atoms. The Morgan fingerprint density at radius 2 is 1.97 bits per heavy atom. The molecule has 0 saturated carbocycles. The molecule has 0 aromatic carbocycles. The van der Waals surface area contributed by atoms with Gasteiger partial charge in [-0.1, -0.05) is 18.2 Å². The van der Waals surface area contributed by atoms with Gasteiger partial charge in [0.25, 0.3) is 5.56 Å². The first-order valence-corrected chi connectivity index (χ1v) is 9.67. The molecule has 0 saturated heterocycles. The second kappa shape index (κ2) is 9.44. The Balaban J connectivity index is 2.12. The topological polar surface area (TPSA) is 66.2 Å². The Labute approximate surface area is 189 Å². The zero-order chi connectivity index (χ0) is 25.4. The third-order valence-corrected chi connectivity index (χ3v) is 4.70. The number of halogens is 4. The van der Waals surface area contributed by atoms with Crippen LogP contribution in [0.15, 0.2) is 35.9 Å². The van der Waals surface area contributed by atoms with E-state index in [1.165, 1.54) is 26.1 Å². The molecule has 0 unspecified atom stereocenters. The first-order valence-electron chi connectivity index (χ1n) is 10.3. The van der Waals surface area contributed by atoms with Gasteiger partial charge in [0.1, 0.15) is 40.3 Å². The average Bonchev–Trinajstić information content (AvgIpc) is 2.73. The molecule has 3 aromatic heterocycles. The summed E-state index contributed by atoms with van der Waals surface area (Å²) in [6.07, 6.45) is 1.96. The minimum Gasteiger partial charge on any atom is -0.492 e. The fourth-order valence-electron chi connectivity index (χ4n) is 2.90. The summed E-state index contributed by atoms with van der Waals surface area (Å²) in [6.45, 7) is 5.62. The van der Waals surface area contributed by atoms with Crippen molar-refractivity contribution in [2.75, 3.05) is 6.61 Å². The summed E-state index contributed by atoms with van der Waals surface area (Å²) in [5, 5.41) is -0.599. The number of nitrogens with zero attached hydrogens (tertiary/aromatic N) is 3. The van der Waals surface area contributed by atoms with Crippen LogP contribution in [0, 0.1) is 31.3 Å². The van der Waals surface area contributed by atoms with Crippen molar-refractivity contribution < 1.29 is 25.4 Å². The van der Waals surface area contributed by atoms with Gasteiger partial charge in [-0.2, -0.15) is 0 Å². The maximum absolute atomic E-state index is 15.4. The molecule has 6 nitrogen and oxygen atoms in total. The van der Waals surface area contributed by atoms with Crippen LogP contribution in [0.2, 0.25) is 5.02 Å². The fraction of sp³-hybridized carbons (Fsp3) is 0.227. The number of hydrogen-bond donors (Lipinski definition) is 0. The van der Waals surface area contributed by atoms with Crippen LogP contribution >= 0.6 is 11.6 Å². The van der Waals surface area contributed by atoms with Crippen molar-refractivity contribution in [3.8, 4) is 11.4 Å². The van der Waals surface area contributed by atoms with Crippen LogP contribution < -0.4 is 10.3 Å². The predicted molar refractivity (Wildman–Crippen MR) is 113 cm³/mol. The van der Waals surface area contributed by atoms with E-state index in [9.17, 15) is 13.6 Å². The molecule has 3 rings (SSSR count). The van der Waals surface area contributed by atoms with Gasteiger partial charge < -0.3 is 9.47 Å². The van der Waals surface area contributed by atoms with Crippen molar-refractivity contribution in [2.24, 2.45) is 0 Å². The number of aryl methyl sites for hydroxylation is 2. The Morgan fingerprint density at radius 3 is 2.62 bits per heavy atom. The largest absolute Gasteiger partial charge is 0.492 e. The third-order valence-electron chi connectivity index (χ3n) is 4.35. The van der Waals surface area contributed by atoms with Gasteiger partial charge in [0.2, 0.25) is 0 Å². The van der Waals surface area contributed by atoms with Gasteiger partial charge in [-0.25, -0.2) is 18.2 Å². The molecular weight excluding hydrogens is 447 g/mol. The molecule has 0 amide bonds. The van der Waals surface area contributed by atoms with E-state index in [4.69, 9.17) is 23.8 Å². The minimum atomic E-state index is -2.91. The number of ether oxygens (including phenoxy) is 2. The predicted octanol–water partition coefficient (Wildman–Crippen LogP) is 4.90. The van der Waals surface area contributed by atoms with Crippen LogP contribution in [-0.4, -0.2) is 21.1 Å². The van der Waals surface area contributed by atoms with E-state index in [0.717, 1.165) is 4.57 Å². The summed E-state index contributed by atoms with van der Waals surface area (Å²) in [4.78, 5) is 20.5. The highest BCUT2D eigenvalue weighted by Crippen LogP contribution is 2.28. The van der Waals surface area contributed by atoms with Crippen molar-refractivity contribution in [1.29, 1.82) is 0 Å². The Morgan fingerprint density at radius 1 is 1.25 bits per heavy atom. The Hall–Kier alpha value is -3.33. The van der Waals surface area contributed by atoms with E-state index in [0.29, 0.717) is 17.8 Å². The quantitative estimate of drug-likeness (QED) is 0.462. The monoisotopic (exact) mass is 467 g/mol. The second-order valence-corrected chi connectivity index (χ2v) is 6.98. The molecule has 3 heterocycles. The van der Waals surface area contributed by atoms with Gasteiger partial charge in [0, 0.05) is 24.0 Å². The van der Waals surface area contributed by atoms with Gasteiger partial charge >= 0.3 is 0 Å². The standard InChI is InChI=1S/C22H19ClF3N3O3/c1-5-31-13(4)20-19(26)21(11(2)8-28-20)29-12(3)6-17(18(23)22(29)30)32-10-16-15(25)7-14(24)9-27-16/h6-9H,4-5,10H2,1-3H3/i10D2. The molecule has 168 valence electrons. The molecule has 0 aliphatic heterocycles. The Bertz CT molecular complexity index is 1350. The summed E-state index contributed by atoms with van der Waals surface area (Å²) in [5.41, 5.74) is -1.71. The summed E-state index contributed by atoms with van der Waals surface area (Å²) >= 11 is 6.16. The normalized spacial score (nSPS) is 12.2. The molecular formula is C22H19ClF3N3O3. The van der Waals surface area contributed by atoms with E-state index in [-0.39, 0.29) is 29.4 Å². The number of aromatic nitrogens is 3. The van der Waals surface area contributed by atoms with E-state index in [1.54, 1.807) is 6.92 Å². The number of hydrogen-bond acceptors (Lipinski definition) is 5. The SMILES string of the molecule is [2H]C([2H])(Oc1cc(C)n(-c2c(C)cnc(C(=C)OCC)c2F)c(=O)c1Cl)c1ncc(F)cc1F. The zero-order valence-corrected chi connectivity index (χ0v) is 18.1. The van der Waals surface area contributed by atoms with E-state index in [1.807, 2.05) is 0 Å². The molecule has 3 aromatic rings. The molecule has 10 heteroatoms. The number of pyridine rings is 3. The summed E-state index contributed by atoms with van der Waals surface area (Å²) in [7, 11) is 0. The van der Waals surface area contributed by atoms with Crippen molar-refractivity contribution >= 4 is 17.4 Å². The minimum absolute atomic E-state index is 0.0278. The third kappa shape index (κ3) is 4.47. The zero-order valence-electron chi connectivity index (χ0n) is 19.3. The van der Waals surface area contributed by atoms with Gasteiger partial charge in [-0.05, 0) is 26.3 Å². The fourth-order valence-corrected chi connectivity index (χ4v) is 3.08. The maximum atomic E-state index is 15.4. The highest BCUT2D eigenvalue weighted by molar-refractivity contribution is 6.31. The molecule has 0 fully saturated rings. The van der Waals surface area contributed by atoms with Crippen LogP contribution in [0.5, 0.6) is 5.75 Å². The first-order chi connectivity index (χ1) is 15.9. The van der Waals surface area contributed by atoms with E-state index in [2.05, 4.69) is 16.5 Å². The summed E-state index contributed by atoms with van der Waals surface area (Å²) < 4.78 is 70.0. The van der Waals surface area contributed by atoms with Crippen molar-refractivity contribution in [2.45, 2.75) is 27.3 Å². The molecule has 0 N–H and O–H groups in total. The summed E-state index contributed by atoms with van der Waals surface area (Å²) in [6, 6.07) is 1.62. The maximum Gasteiger partial charge on any atom is 0.278 e. The van der Waals surface area contributed by atoms with Crippen molar-refractivity contribution in [3.63, 3.8) is 0 Å². The Kier molecular flexibility index (Phi) is 6.06. The smallest absolute Gasteiger partial charge is 0.278 e.